The first kappa shape index (κ1) is 17.4. The molecule has 1 saturated heterocycles. The van der Waals surface area contributed by atoms with Crippen molar-refractivity contribution in [3.05, 3.63) is 53.8 Å². The summed E-state index contributed by atoms with van der Waals surface area (Å²) in [4.78, 5) is 16.9. The molecular formula is C20H23FN2O2. The normalized spacial score (nSPS) is 17.2. The molecule has 1 aliphatic heterocycles. The highest BCUT2D eigenvalue weighted by Gasteiger charge is 2.28. The molecule has 4 nitrogen and oxygen atoms in total. The molecule has 1 amide bonds. The number of benzene rings is 2. The van der Waals surface area contributed by atoms with Gasteiger partial charge in [-0.25, -0.2) is 4.39 Å². The highest BCUT2D eigenvalue weighted by molar-refractivity contribution is 5.96. The van der Waals surface area contributed by atoms with Crippen LogP contribution in [-0.2, 0) is 0 Å². The van der Waals surface area contributed by atoms with E-state index in [9.17, 15) is 9.18 Å². The third kappa shape index (κ3) is 3.66. The predicted molar refractivity (Wildman–Crippen MR) is 96.4 cm³/mol. The number of carbonyl (C=O) groups is 1. The summed E-state index contributed by atoms with van der Waals surface area (Å²) < 4.78 is 19.0. The van der Waals surface area contributed by atoms with Gasteiger partial charge in [-0.1, -0.05) is 12.1 Å². The molecule has 0 bridgehead atoms. The Hall–Kier alpha value is -2.40. The van der Waals surface area contributed by atoms with Gasteiger partial charge in [0.15, 0.2) is 0 Å². The first-order valence-corrected chi connectivity index (χ1v) is 8.39. The van der Waals surface area contributed by atoms with Gasteiger partial charge in [-0.2, -0.15) is 0 Å². The van der Waals surface area contributed by atoms with Crippen LogP contribution in [0.3, 0.4) is 0 Å². The maximum absolute atomic E-state index is 13.7. The minimum atomic E-state index is -0.333. The Kier molecular flexibility index (Phi) is 5.04. The lowest BCUT2D eigenvalue weighted by atomic mass is 10.0. The van der Waals surface area contributed by atoms with Crippen LogP contribution >= 0.6 is 0 Å². The molecule has 132 valence electrons. The van der Waals surface area contributed by atoms with E-state index in [-0.39, 0.29) is 11.7 Å². The summed E-state index contributed by atoms with van der Waals surface area (Å²) in [5.41, 5.74) is 2.03. The Balaban J connectivity index is 1.87. The Labute approximate surface area is 147 Å². The van der Waals surface area contributed by atoms with Crippen molar-refractivity contribution in [3.63, 3.8) is 0 Å². The van der Waals surface area contributed by atoms with E-state index in [4.69, 9.17) is 4.74 Å². The van der Waals surface area contributed by atoms with Crippen LogP contribution in [0.4, 0.5) is 4.39 Å². The number of likely N-dealkylation sites (N-methyl/N-ethyl adjacent to an activating group) is 1. The molecular weight excluding hydrogens is 319 g/mol. The third-order valence-corrected chi connectivity index (χ3v) is 4.76. The molecule has 0 aromatic heterocycles. The molecule has 0 aliphatic carbocycles. The van der Waals surface area contributed by atoms with Crippen LogP contribution in [0.25, 0.3) is 11.1 Å². The standard InChI is InChI=1S/C20H23FN2O2/c1-22(2)17-9-10-23(13-17)20(24)15-6-4-5-14(11-15)18-12-16(21)7-8-19(18)25-3/h4-8,11-12,17H,9-10,13H2,1-3H3. The summed E-state index contributed by atoms with van der Waals surface area (Å²) in [6.07, 6.45) is 0.982. The van der Waals surface area contributed by atoms with Gasteiger partial charge in [0.05, 0.1) is 7.11 Å². The Bertz CT molecular complexity index is 776. The second kappa shape index (κ2) is 7.23. The minimum absolute atomic E-state index is 0.0153. The van der Waals surface area contributed by atoms with E-state index in [1.807, 2.05) is 37.2 Å². The first-order chi connectivity index (χ1) is 12.0. The maximum atomic E-state index is 13.7. The molecule has 1 unspecified atom stereocenters. The van der Waals surface area contributed by atoms with E-state index in [0.29, 0.717) is 22.9 Å². The van der Waals surface area contributed by atoms with Crippen molar-refractivity contribution in [2.75, 3.05) is 34.3 Å². The lowest BCUT2D eigenvalue weighted by Gasteiger charge is -2.20. The van der Waals surface area contributed by atoms with Crippen LogP contribution in [0.1, 0.15) is 16.8 Å². The van der Waals surface area contributed by atoms with E-state index in [1.165, 1.54) is 12.1 Å². The topological polar surface area (TPSA) is 32.8 Å². The van der Waals surface area contributed by atoms with E-state index in [0.717, 1.165) is 25.1 Å². The molecule has 1 heterocycles. The molecule has 0 saturated carbocycles. The zero-order chi connectivity index (χ0) is 18.0. The van der Waals surface area contributed by atoms with Gasteiger partial charge in [0, 0.05) is 30.3 Å². The number of hydrogen-bond acceptors (Lipinski definition) is 3. The van der Waals surface area contributed by atoms with Gasteiger partial charge in [0.1, 0.15) is 11.6 Å². The van der Waals surface area contributed by atoms with E-state index in [1.54, 1.807) is 19.2 Å². The number of hydrogen-bond donors (Lipinski definition) is 0. The summed E-state index contributed by atoms with van der Waals surface area (Å²) in [6.45, 7) is 1.49. The summed E-state index contributed by atoms with van der Waals surface area (Å²) in [7, 11) is 5.63. The van der Waals surface area contributed by atoms with Gasteiger partial charge in [-0.05, 0) is 56.4 Å². The second-order valence-electron chi connectivity index (χ2n) is 6.58. The van der Waals surface area contributed by atoms with Crippen molar-refractivity contribution in [2.45, 2.75) is 12.5 Å². The average molecular weight is 342 g/mol. The summed E-state index contributed by atoms with van der Waals surface area (Å²) >= 11 is 0. The van der Waals surface area contributed by atoms with E-state index >= 15 is 0 Å². The van der Waals surface area contributed by atoms with Crippen molar-refractivity contribution < 1.29 is 13.9 Å². The van der Waals surface area contributed by atoms with Crippen LogP contribution in [0.5, 0.6) is 5.75 Å². The lowest BCUT2D eigenvalue weighted by molar-refractivity contribution is 0.0783. The number of carbonyl (C=O) groups excluding carboxylic acids is 1. The smallest absolute Gasteiger partial charge is 0.253 e. The first-order valence-electron chi connectivity index (χ1n) is 8.39. The Morgan fingerprint density at radius 2 is 2.04 bits per heavy atom. The number of ether oxygens (including phenoxy) is 1. The fourth-order valence-corrected chi connectivity index (χ4v) is 3.26. The van der Waals surface area contributed by atoms with Crippen molar-refractivity contribution in [1.29, 1.82) is 0 Å². The second-order valence-corrected chi connectivity index (χ2v) is 6.58. The van der Waals surface area contributed by atoms with Crippen molar-refractivity contribution in [2.24, 2.45) is 0 Å². The average Bonchev–Trinajstić information content (AvgIpc) is 3.11. The lowest BCUT2D eigenvalue weighted by Crippen LogP contribution is -2.34. The highest BCUT2D eigenvalue weighted by Crippen LogP contribution is 2.31. The molecule has 1 fully saturated rings. The van der Waals surface area contributed by atoms with Gasteiger partial charge in [0.25, 0.3) is 5.91 Å². The van der Waals surface area contributed by atoms with E-state index < -0.39 is 0 Å². The zero-order valence-corrected chi connectivity index (χ0v) is 14.8. The quantitative estimate of drug-likeness (QED) is 0.855. The van der Waals surface area contributed by atoms with Crippen LogP contribution in [0, 0.1) is 5.82 Å². The third-order valence-electron chi connectivity index (χ3n) is 4.76. The number of amides is 1. The fourth-order valence-electron chi connectivity index (χ4n) is 3.26. The molecule has 3 rings (SSSR count). The van der Waals surface area contributed by atoms with E-state index in [2.05, 4.69) is 4.90 Å². The van der Waals surface area contributed by atoms with Gasteiger partial charge in [0.2, 0.25) is 0 Å². The van der Waals surface area contributed by atoms with Crippen molar-refractivity contribution in [1.82, 2.24) is 9.80 Å². The number of likely N-dealkylation sites (tertiary alicyclic amines) is 1. The number of nitrogens with zero attached hydrogens (tertiary/aromatic N) is 2. The van der Waals surface area contributed by atoms with Crippen LogP contribution in [0.15, 0.2) is 42.5 Å². The van der Waals surface area contributed by atoms with Gasteiger partial charge in [-0.3, -0.25) is 4.79 Å². The molecule has 5 heteroatoms. The molecule has 2 aromatic rings. The Morgan fingerprint density at radius 3 is 2.72 bits per heavy atom. The number of methoxy groups -OCH3 is 1. The molecule has 0 radical (unpaired) electrons. The number of rotatable bonds is 4. The van der Waals surface area contributed by atoms with Gasteiger partial charge >= 0.3 is 0 Å². The monoisotopic (exact) mass is 342 g/mol. The minimum Gasteiger partial charge on any atom is -0.496 e. The molecule has 1 aliphatic rings. The van der Waals surface area contributed by atoms with Crippen LogP contribution in [-0.4, -0.2) is 56.0 Å². The summed E-state index contributed by atoms with van der Waals surface area (Å²) in [5.74, 6) is 0.266. The molecule has 25 heavy (non-hydrogen) atoms. The molecule has 0 spiro atoms. The highest BCUT2D eigenvalue weighted by atomic mass is 19.1. The summed E-state index contributed by atoms with van der Waals surface area (Å²) in [5, 5.41) is 0. The summed E-state index contributed by atoms with van der Waals surface area (Å²) in [6, 6.07) is 12.1. The zero-order valence-electron chi connectivity index (χ0n) is 14.8. The predicted octanol–water partition coefficient (Wildman–Crippen LogP) is 3.28. The molecule has 2 aromatic carbocycles. The largest absolute Gasteiger partial charge is 0.496 e. The van der Waals surface area contributed by atoms with Crippen molar-refractivity contribution >= 4 is 5.91 Å². The van der Waals surface area contributed by atoms with Gasteiger partial charge in [-0.15, -0.1) is 0 Å². The van der Waals surface area contributed by atoms with Crippen molar-refractivity contribution in [3.8, 4) is 16.9 Å². The van der Waals surface area contributed by atoms with Crippen LogP contribution < -0.4 is 4.74 Å². The maximum Gasteiger partial charge on any atom is 0.253 e. The Morgan fingerprint density at radius 1 is 1.24 bits per heavy atom. The fraction of sp³-hybridized carbons (Fsp3) is 0.350. The molecule has 1 atom stereocenters. The number of halogens is 1. The molecule has 0 N–H and O–H groups in total. The van der Waals surface area contributed by atoms with Crippen LogP contribution in [0.2, 0.25) is 0 Å². The SMILES string of the molecule is COc1ccc(F)cc1-c1cccc(C(=O)N2CCC(N(C)C)C2)c1. The van der Waals surface area contributed by atoms with Gasteiger partial charge < -0.3 is 14.5 Å².